The van der Waals surface area contributed by atoms with E-state index in [9.17, 15) is 4.79 Å². The topological polar surface area (TPSA) is 81.7 Å². The molecule has 0 spiro atoms. The molecule has 0 aromatic heterocycles. The number of methoxy groups -OCH3 is 1. The number of benzene rings is 2. The van der Waals surface area contributed by atoms with E-state index in [-0.39, 0.29) is 22.9 Å². The lowest BCUT2D eigenvalue weighted by molar-refractivity contribution is -0.290. The van der Waals surface area contributed by atoms with Crippen molar-refractivity contribution in [2.75, 3.05) is 13.4 Å². The first-order chi connectivity index (χ1) is 19.7. The number of ether oxygens (including phenoxy) is 7. The second kappa shape index (κ2) is 13.6. The first-order valence-corrected chi connectivity index (χ1v) is 16.7. The first kappa shape index (κ1) is 31.2. The van der Waals surface area contributed by atoms with Crippen LogP contribution in [-0.2, 0) is 33.2 Å². The number of rotatable bonds is 8. The van der Waals surface area contributed by atoms with Gasteiger partial charge in [0.25, 0.3) is 0 Å². The number of carbonyl (C=O) groups is 1. The van der Waals surface area contributed by atoms with Crippen LogP contribution in [0.3, 0.4) is 0 Å². The van der Waals surface area contributed by atoms with Crippen molar-refractivity contribution in [2.45, 2.75) is 103 Å². The highest BCUT2D eigenvalue weighted by Crippen LogP contribution is 2.45. The predicted octanol–water partition coefficient (Wildman–Crippen LogP) is 6.22. The lowest BCUT2D eigenvalue weighted by Gasteiger charge is -2.47. The monoisotopic (exact) mass is 622 g/mol. The van der Waals surface area contributed by atoms with E-state index >= 15 is 0 Å². The van der Waals surface area contributed by atoms with Gasteiger partial charge in [-0.1, -0.05) is 48.2 Å². The molecule has 0 bridgehead atoms. The van der Waals surface area contributed by atoms with Crippen molar-refractivity contribution in [3.63, 3.8) is 0 Å². The molecule has 0 saturated carbocycles. The van der Waals surface area contributed by atoms with Crippen LogP contribution < -0.4 is 0 Å². The Hall–Kier alpha value is -1.28. The van der Waals surface area contributed by atoms with E-state index < -0.39 is 47.8 Å². The maximum atomic E-state index is 12.5. The second-order valence-corrected chi connectivity index (χ2v) is 13.8. The molecule has 2 aromatic rings. The van der Waals surface area contributed by atoms with Gasteiger partial charge < -0.3 is 33.2 Å². The van der Waals surface area contributed by atoms with Crippen molar-refractivity contribution in [2.24, 2.45) is 0 Å². The van der Waals surface area contributed by atoms with Crippen LogP contribution in [0.4, 0.5) is 4.79 Å². The average Bonchev–Trinajstić information content (AvgIpc) is 3.29. The lowest BCUT2D eigenvalue weighted by Crippen LogP contribution is -2.62. The summed E-state index contributed by atoms with van der Waals surface area (Å²) in [4.78, 5) is 14.6. The molecule has 5 rings (SSSR count). The van der Waals surface area contributed by atoms with Crippen LogP contribution in [0.5, 0.6) is 0 Å². The summed E-state index contributed by atoms with van der Waals surface area (Å²) in [5, 5.41) is -0.805. The van der Waals surface area contributed by atoms with Crippen LogP contribution in [0.1, 0.15) is 27.7 Å². The maximum Gasteiger partial charge on any atom is 0.367 e. The molecule has 10 atom stereocenters. The van der Waals surface area contributed by atoms with Crippen molar-refractivity contribution >= 4 is 40.6 Å². The Morgan fingerprint density at radius 2 is 1.39 bits per heavy atom. The van der Waals surface area contributed by atoms with Crippen molar-refractivity contribution in [1.82, 2.24) is 0 Å². The van der Waals surface area contributed by atoms with Gasteiger partial charge in [-0.05, 0) is 70.0 Å². The Bertz CT molecular complexity index is 1140. The number of fused-ring (bicyclic) bond motifs is 1. The quantitative estimate of drug-likeness (QED) is 0.315. The van der Waals surface area contributed by atoms with Crippen molar-refractivity contribution in [3.8, 4) is 0 Å². The first-order valence-electron chi connectivity index (χ1n) is 13.7. The molecule has 0 radical (unpaired) electrons. The van der Waals surface area contributed by atoms with E-state index in [1.54, 1.807) is 25.1 Å². The van der Waals surface area contributed by atoms with Gasteiger partial charge >= 0.3 is 5.30 Å². The van der Waals surface area contributed by atoms with Gasteiger partial charge in [0, 0.05) is 16.9 Å². The molecule has 3 saturated heterocycles. The molecule has 3 aliphatic heterocycles. The zero-order valence-electron chi connectivity index (χ0n) is 24.0. The summed E-state index contributed by atoms with van der Waals surface area (Å²) < 4.78 is 44.4. The van der Waals surface area contributed by atoms with Gasteiger partial charge in [0.05, 0.1) is 12.2 Å². The minimum atomic E-state index is -0.809. The summed E-state index contributed by atoms with van der Waals surface area (Å²) in [7, 11) is 1.61. The minimum absolute atomic E-state index is 0.284. The maximum absolute atomic E-state index is 12.5. The highest BCUT2D eigenvalue weighted by atomic mass is 32.2. The highest BCUT2D eigenvalue weighted by Gasteiger charge is 2.57. The molecule has 3 fully saturated rings. The van der Waals surface area contributed by atoms with E-state index in [1.807, 2.05) is 76.2 Å². The van der Waals surface area contributed by atoms with Crippen molar-refractivity contribution in [3.05, 3.63) is 60.7 Å². The van der Waals surface area contributed by atoms with E-state index in [1.165, 1.54) is 11.8 Å². The summed E-state index contributed by atoms with van der Waals surface area (Å²) in [5.74, 6) is -0.809. The zero-order chi connectivity index (χ0) is 29.1. The summed E-state index contributed by atoms with van der Waals surface area (Å²) in [5.41, 5.74) is -0.284. The van der Waals surface area contributed by atoms with Crippen molar-refractivity contribution < 1.29 is 38.0 Å². The molecule has 0 unspecified atom stereocenters. The number of hydrogen-bond donors (Lipinski definition) is 0. The SMILES string of the molecule is CO[C@@H]1[C@@H](OC(=O)SC)[C@H](Sc2ccccc2)[C@@H](O[C@@H]2[C@H]3OC(C)(C)O[C@H]3[C@H](Sc3ccccc3)O[C@H]2C)O[C@H]1C. The molecule has 0 aliphatic carbocycles. The second-order valence-electron chi connectivity index (χ2n) is 10.6. The van der Waals surface area contributed by atoms with E-state index in [0.717, 1.165) is 21.6 Å². The van der Waals surface area contributed by atoms with E-state index in [4.69, 9.17) is 33.2 Å². The van der Waals surface area contributed by atoms with Crippen LogP contribution in [0.15, 0.2) is 70.5 Å². The summed E-state index contributed by atoms with van der Waals surface area (Å²) in [6.45, 7) is 7.71. The molecule has 3 aliphatic rings. The van der Waals surface area contributed by atoms with Crippen LogP contribution >= 0.6 is 35.3 Å². The largest absolute Gasteiger partial charge is 0.450 e. The van der Waals surface area contributed by atoms with Crippen LogP contribution in [0.25, 0.3) is 0 Å². The Balaban J connectivity index is 1.43. The van der Waals surface area contributed by atoms with E-state index in [2.05, 4.69) is 12.1 Å². The lowest BCUT2D eigenvalue weighted by atomic mass is 9.99. The van der Waals surface area contributed by atoms with Gasteiger partial charge in [0.15, 0.2) is 12.1 Å². The minimum Gasteiger partial charge on any atom is -0.450 e. The van der Waals surface area contributed by atoms with Gasteiger partial charge in [-0.2, -0.15) is 0 Å². The van der Waals surface area contributed by atoms with Gasteiger partial charge in [-0.3, -0.25) is 0 Å². The third-order valence-electron chi connectivity index (χ3n) is 7.27. The highest BCUT2D eigenvalue weighted by molar-refractivity contribution is 8.12. The Morgan fingerprint density at radius 1 is 0.805 bits per heavy atom. The summed E-state index contributed by atoms with van der Waals surface area (Å²) in [6.07, 6.45) is -2.13. The zero-order valence-corrected chi connectivity index (χ0v) is 26.5. The van der Waals surface area contributed by atoms with Gasteiger partial charge in [-0.25, -0.2) is 4.79 Å². The van der Waals surface area contributed by atoms with Gasteiger partial charge in [0.2, 0.25) is 0 Å². The molecule has 224 valence electrons. The molecule has 3 heterocycles. The number of carbonyl (C=O) groups excluding carboxylic acids is 1. The van der Waals surface area contributed by atoms with Crippen LogP contribution in [0.2, 0.25) is 0 Å². The smallest absolute Gasteiger partial charge is 0.367 e. The standard InChI is InChI=1S/C30H38O8S3/c1-17-21(32-5)24(36-29(31)39-6)26(40-19-13-9-7-10-14-19)27(33-17)35-22-18(2)34-28(41-20-15-11-8-12-16-20)25-23(22)37-30(3,4)38-25/h7-18,21-28H,1-6H3/t17-,18-,21-,22-,23+,24+,25+,26-,27+,28-/m0/s1. The molecule has 8 nitrogen and oxygen atoms in total. The molecule has 0 amide bonds. The summed E-state index contributed by atoms with van der Waals surface area (Å²) in [6, 6.07) is 20.1. The normalized spacial score (nSPS) is 36.4. The molecule has 2 aromatic carbocycles. The van der Waals surface area contributed by atoms with Crippen LogP contribution in [-0.4, -0.2) is 84.2 Å². The molecule has 41 heavy (non-hydrogen) atoms. The third-order valence-corrected chi connectivity index (χ3v) is 10.2. The third kappa shape index (κ3) is 7.27. The fourth-order valence-corrected chi connectivity index (χ4v) is 8.05. The number of thioether (sulfide) groups is 3. The fraction of sp³-hybridized carbons (Fsp3) is 0.567. The molecule has 0 N–H and O–H groups in total. The van der Waals surface area contributed by atoms with Gasteiger partial charge in [-0.15, -0.1) is 11.8 Å². The number of hydrogen-bond acceptors (Lipinski definition) is 11. The predicted molar refractivity (Wildman–Crippen MR) is 160 cm³/mol. The Labute approximate surface area is 254 Å². The molecular weight excluding hydrogens is 585 g/mol. The molecule has 11 heteroatoms. The fourth-order valence-electron chi connectivity index (χ4n) is 5.47. The molecular formula is C30H38O8S3. The Kier molecular flexibility index (Phi) is 10.3. The van der Waals surface area contributed by atoms with E-state index in [0.29, 0.717) is 0 Å². The van der Waals surface area contributed by atoms with Crippen molar-refractivity contribution in [1.29, 1.82) is 0 Å². The van der Waals surface area contributed by atoms with Crippen LogP contribution in [0, 0.1) is 0 Å². The van der Waals surface area contributed by atoms with Gasteiger partial charge in [0.1, 0.15) is 41.2 Å². The average molecular weight is 623 g/mol. The summed E-state index contributed by atoms with van der Waals surface area (Å²) >= 11 is 4.18. The Morgan fingerprint density at radius 3 is 2.00 bits per heavy atom.